The Kier molecular flexibility index (Phi) is 8.76. The minimum Gasteiger partial charge on any atom is -0.276 e. The van der Waals surface area contributed by atoms with Gasteiger partial charge in [0.2, 0.25) is 0 Å². The minimum atomic E-state index is -0.410. The summed E-state index contributed by atoms with van der Waals surface area (Å²) in [4.78, 5) is 11.1. The van der Waals surface area contributed by atoms with Gasteiger partial charge < -0.3 is 0 Å². The average molecular weight is 357 g/mol. The van der Waals surface area contributed by atoms with E-state index in [1.54, 1.807) is 12.1 Å². The first-order chi connectivity index (χ1) is 12.2. The van der Waals surface area contributed by atoms with Gasteiger partial charge in [-0.15, -0.1) is 0 Å². The molecule has 2 aromatic rings. The van der Waals surface area contributed by atoms with E-state index in [-0.39, 0.29) is 0 Å². The van der Waals surface area contributed by atoms with E-state index in [9.17, 15) is 4.79 Å². The van der Waals surface area contributed by atoms with Crippen molar-refractivity contribution in [3.8, 4) is 11.1 Å². The van der Waals surface area contributed by atoms with Crippen LogP contribution in [0.2, 0.25) is 0 Å². The summed E-state index contributed by atoms with van der Waals surface area (Å²) in [5, 5.41) is -0.410. The predicted octanol–water partition coefficient (Wildman–Crippen LogP) is 7.42. The third kappa shape index (κ3) is 7.04. The van der Waals surface area contributed by atoms with E-state index >= 15 is 0 Å². The van der Waals surface area contributed by atoms with Crippen molar-refractivity contribution in [1.82, 2.24) is 0 Å². The highest BCUT2D eigenvalue weighted by atomic mass is 35.5. The zero-order valence-electron chi connectivity index (χ0n) is 15.3. The lowest BCUT2D eigenvalue weighted by Crippen LogP contribution is -1.89. The third-order valence-corrected chi connectivity index (χ3v) is 4.94. The molecule has 134 valence electrons. The fourth-order valence-electron chi connectivity index (χ4n) is 3.12. The molecule has 2 aromatic carbocycles. The summed E-state index contributed by atoms with van der Waals surface area (Å²) in [5.74, 6) is 0. The second kappa shape index (κ2) is 11.1. The lowest BCUT2D eigenvalue weighted by molar-refractivity contribution is 0.108. The molecule has 0 spiro atoms. The Bertz CT molecular complexity index is 628. The molecular formula is C23H29ClO. The van der Waals surface area contributed by atoms with Crippen LogP contribution in [0.1, 0.15) is 74.2 Å². The second-order valence-electron chi connectivity index (χ2n) is 6.77. The molecule has 0 N–H and O–H groups in total. The Morgan fingerprint density at radius 3 is 1.72 bits per heavy atom. The Labute approximate surface area is 157 Å². The third-order valence-electron chi connectivity index (χ3n) is 4.72. The molecule has 0 amide bonds. The van der Waals surface area contributed by atoms with Gasteiger partial charge in [-0.25, -0.2) is 0 Å². The number of hydrogen-bond acceptors (Lipinski definition) is 1. The average Bonchev–Trinajstić information content (AvgIpc) is 2.64. The van der Waals surface area contributed by atoms with Crippen LogP contribution in [0.3, 0.4) is 0 Å². The molecule has 0 unspecified atom stereocenters. The summed E-state index contributed by atoms with van der Waals surface area (Å²) < 4.78 is 0. The normalized spacial score (nSPS) is 10.8. The molecule has 2 rings (SSSR count). The molecule has 0 aliphatic heterocycles. The van der Waals surface area contributed by atoms with Gasteiger partial charge >= 0.3 is 0 Å². The zero-order chi connectivity index (χ0) is 17.9. The molecule has 0 bridgehead atoms. The van der Waals surface area contributed by atoms with Gasteiger partial charge in [0.05, 0.1) is 0 Å². The summed E-state index contributed by atoms with van der Waals surface area (Å²) in [6.07, 6.45) is 12.0. The van der Waals surface area contributed by atoms with Gasteiger partial charge in [-0.05, 0) is 53.3 Å². The van der Waals surface area contributed by atoms with Gasteiger partial charge in [-0.1, -0.05) is 88.3 Å². The van der Waals surface area contributed by atoms with E-state index in [2.05, 4.69) is 31.2 Å². The number of hydrogen-bond donors (Lipinski definition) is 0. The van der Waals surface area contributed by atoms with E-state index in [1.165, 1.54) is 62.5 Å². The SMILES string of the molecule is CCCCCCCCCCc1ccc(-c2ccc(C(=O)Cl)cc2)cc1. The molecule has 0 radical (unpaired) electrons. The van der Waals surface area contributed by atoms with Gasteiger partial charge in [0, 0.05) is 5.56 Å². The van der Waals surface area contributed by atoms with Crippen LogP contribution >= 0.6 is 11.6 Å². The van der Waals surface area contributed by atoms with E-state index in [4.69, 9.17) is 11.6 Å². The second-order valence-corrected chi connectivity index (χ2v) is 7.12. The fraction of sp³-hybridized carbons (Fsp3) is 0.435. The Morgan fingerprint density at radius 1 is 0.720 bits per heavy atom. The Balaban J connectivity index is 1.73. The smallest absolute Gasteiger partial charge is 0.252 e. The molecule has 0 fully saturated rings. The van der Waals surface area contributed by atoms with E-state index in [0.717, 1.165) is 12.0 Å². The molecule has 0 saturated carbocycles. The van der Waals surface area contributed by atoms with Gasteiger partial charge in [-0.3, -0.25) is 4.79 Å². The first kappa shape index (κ1) is 19.7. The molecule has 1 nitrogen and oxygen atoms in total. The minimum absolute atomic E-state index is 0.410. The molecule has 2 heteroatoms. The highest BCUT2D eigenvalue weighted by Gasteiger charge is 2.03. The maximum atomic E-state index is 11.1. The van der Waals surface area contributed by atoms with E-state index < -0.39 is 5.24 Å². The highest BCUT2D eigenvalue weighted by Crippen LogP contribution is 2.21. The lowest BCUT2D eigenvalue weighted by Gasteiger charge is -2.06. The number of halogens is 1. The van der Waals surface area contributed by atoms with Crippen LogP contribution in [-0.4, -0.2) is 5.24 Å². The molecule has 0 saturated heterocycles. The number of carbonyl (C=O) groups is 1. The van der Waals surface area contributed by atoms with Crippen LogP contribution < -0.4 is 0 Å². The van der Waals surface area contributed by atoms with Crippen LogP contribution in [-0.2, 0) is 6.42 Å². The van der Waals surface area contributed by atoms with Crippen molar-refractivity contribution in [3.63, 3.8) is 0 Å². The number of unbranched alkanes of at least 4 members (excludes halogenated alkanes) is 7. The summed E-state index contributed by atoms with van der Waals surface area (Å²) in [6, 6.07) is 16.2. The number of benzene rings is 2. The first-order valence-electron chi connectivity index (χ1n) is 9.60. The van der Waals surface area contributed by atoms with Crippen molar-refractivity contribution in [3.05, 3.63) is 59.7 Å². The Morgan fingerprint density at radius 2 is 1.20 bits per heavy atom. The highest BCUT2D eigenvalue weighted by molar-refractivity contribution is 6.67. The summed E-state index contributed by atoms with van der Waals surface area (Å²) in [6.45, 7) is 2.26. The molecule has 0 aliphatic rings. The largest absolute Gasteiger partial charge is 0.276 e. The maximum absolute atomic E-state index is 11.1. The van der Waals surface area contributed by atoms with Crippen LogP contribution in [0.25, 0.3) is 11.1 Å². The molecule has 0 heterocycles. The van der Waals surface area contributed by atoms with Gasteiger partial charge in [0.1, 0.15) is 0 Å². The topological polar surface area (TPSA) is 17.1 Å². The van der Waals surface area contributed by atoms with Crippen LogP contribution in [0, 0.1) is 0 Å². The van der Waals surface area contributed by atoms with Crippen molar-refractivity contribution in [2.24, 2.45) is 0 Å². The summed E-state index contributed by atoms with van der Waals surface area (Å²) in [7, 11) is 0. The van der Waals surface area contributed by atoms with Crippen LogP contribution in [0.15, 0.2) is 48.5 Å². The summed E-state index contributed by atoms with van der Waals surface area (Å²) in [5.41, 5.74) is 4.23. The molecule has 25 heavy (non-hydrogen) atoms. The van der Waals surface area contributed by atoms with Gasteiger partial charge in [0.15, 0.2) is 0 Å². The van der Waals surface area contributed by atoms with Crippen molar-refractivity contribution < 1.29 is 4.79 Å². The van der Waals surface area contributed by atoms with E-state index in [0.29, 0.717) is 5.56 Å². The zero-order valence-corrected chi connectivity index (χ0v) is 16.0. The molecule has 0 atom stereocenters. The number of rotatable bonds is 11. The molecule has 0 aliphatic carbocycles. The lowest BCUT2D eigenvalue weighted by atomic mass is 10.00. The maximum Gasteiger partial charge on any atom is 0.252 e. The molecule has 0 aromatic heterocycles. The van der Waals surface area contributed by atoms with Gasteiger partial charge in [0.25, 0.3) is 5.24 Å². The predicted molar refractivity (Wildman–Crippen MR) is 108 cm³/mol. The van der Waals surface area contributed by atoms with Crippen molar-refractivity contribution in [1.29, 1.82) is 0 Å². The number of aryl methyl sites for hydroxylation is 1. The number of carbonyl (C=O) groups excluding carboxylic acids is 1. The Hall–Kier alpha value is -1.60. The van der Waals surface area contributed by atoms with E-state index in [1.807, 2.05) is 12.1 Å². The van der Waals surface area contributed by atoms with Gasteiger partial charge in [-0.2, -0.15) is 0 Å². The standard InChI is InChI=1S/C23H29ClO/c1-2-3-4-5-6-7-8-9-10-19-11-13-20(14-12-19)21-15-17-22(18-16-21)23(24)25/h11-18H,2-10H2,1H3. The van der Waals surface area contributed by atoms with Crippen molar-refractivity contribution >= 4 is 16.8 Å². The fourth-order valence-corrected chi connectivity index (χ4v) is 3.25. The van der Waals surface area contributed by atoms with Crippen LogP contribution in [0.4, 0.5) is 0 Å². The first-order valence-corrected chi connectivity index (χ1v) is 9.97. The summed E-state index contributed by atoms with van der Waals surface area (Å²) >= 11 is 5.49. The molecular weight excluding hydrogens is 328 g/mol. The van der Waals surface area contributed by atoms with Crippen molar-refractivity contribution in [2.75, 3.05) is 0 Å². The van der Waals surface area contributed by atoms with Crippen LogP contribution in [0.5, 0.6) is 0 Å². The quantitative estimate of drug-likeness (QED) is 0.302. The monoisotopic (exact) mass is 356 g/mol. The van der Waals surface area contributed by atoms with Crippen molar-refractivity contribution in [2.45, 2.75) is 64.7 Å².